The van der Waals surface area contributed by atoms with E-state index in [4.69, 9.17) is 0 Å². The van der Waals surface area contributed by atoms with Crippen LogP contribution in [0.2, 0.25) is 0 Å². The summed E-state index contributed by atoms with van der Waals surface area (Å²) in [6.07, 6.45) is 0.838. The molecule has 1 amide bonds. The lowest BCUT2D eigenvalue weighted by molar-refractivity contribution is -0.115. The van der Waals surface area contributed by atoms with Crippen molar-refractivity contribution < 1.29 is 23.1 Å². The van der Waals surface area contributed by atoms with Gasteiger partial charge >= 0.3 is 5.97 Å². The zero-order valence-corrected chi connectivity index (χ0v) is 12.1. The van der Waals surface area contributed by atoms with Gasteiger partial charge in [-0.3, -0.25) is 4.79 Å². The molecule has 5 nitrogen and oxygen atoms in total. The summed E-state index contributed by atoms with van der Waals surface area (Å²) < 4.78 is 31.4. The highest BCUT2D eigenvalue weighted by atomic mass is 19.1. The van der Waals surface area contributed by atoms with Crippen molar-refractivity contribution in [1.29, 1.82) is 0 Å². The fourth-order valence-electron chi connectivity index (χ4n) is 1.52. The zero-order chi connectivity index (χ0) is 16.0. The second-order valence-corrected chi connectivity index (χ2v) is 4.54. The molecule has 1 aromatic rings. The number of halogens is 2. The fraction of sp³-hybridized carbons (Fsp3) is 0.429. The van der Waals surface area contributed by atoms with Crippen LogP contribution in [0.3, 0.4) is 0 Å². The van der Waals surface area contributed by atoms with Crippen molar-refractivity contribution in [3.63, 3.8) is 0 Å². The second kappa shape index (κ2) is 7.68. The first kappa shape index (κ1) is 17.0. The first-order valence-electron chi connectivity index (χ1n) is 6.49. The maximum Gasteiger partial charge on any atom is 0.340 e. The number of nitrogens with one attached hydrogen (secondary N) is 2. The van der Waals surface area contributed by atoms with Crippen molar-refractivity contribution in [3.8, 4) is 0 Å². The van der Waals surface area contributed by atoms with Crippen LogP contribution in [-0.2, 0) is 9.53 Å². The highest BCUT2D eigenvalue weighted by Crippen LogP contribution is 2.20. The standard InChI is InChI=1S/C14H18F2N2O3/c1-4-8(2)17-7-13(19)18-12-5-9(14(20)21-3)10(15)6-11(12)16/h5-6,8,17H,4,7H2,1-3H3,(H,18,19). The molecule has 0 radical (unpaired) electrons. The number of anilines is 1. The maximum atomic E-state index is 13.6. The predicted octanol–water partition coefficient (Wildman–Crippen LogP) is 2.08. The van der Waals surface area contributed by atoms with Crippen molar-refractivity contribution in [1.82, 2.24) is 5.32 Å². The molecule has 0 fully saturated rings. The topological polar surface area (TPSA) is 67.4 Å². The lowest BCUT2D eigenvalue weighted by Gasteiger charge is -2.12. The van der Waals surface area contributed by atoms with Gasteiger partial charge < -0.3 is 15.4 Å². The van der Waals surface area contributed by atoms with Crippen molar-refractivity contribution in [3.05, 3.63) is 29.3 Å². The van der Waals surface area contributed by atoms with E-state index < -0.39 is 29.1 Å². The minimum Gasteiger partial charge on any atom is -0.465 e. The van der Waals surface area contributed by atoms with Gasteiger partial charge in [0.05, 0.1) is 24.9 Å². The summed E-state index contributed by atoms with van der Waals surface area (Å²) in [7, 11) is 1.08. The Labute approximate surface area is 121 Å². The summed E-state index contributed by atoms with van der Waals surface area (Å²) >= 11 is 0. The normalized spacial score (nSPS) is 11.9. The van der Waals surface area contributed by atoms with Gasteiger partial charge in [-0.15, -0.1) is 0 Å². The largest absolute Gasteiger partial charge is 0.465 e. The highest BCUT2D eigenvalue weighted by molar-refractivity contribution is 5.95. The SMILES string of the molecule is CCC(C)NCC(=O)Nc1cc(C(=O)OC)c(F)cc1F. The molecule has 116 valence electrons. The lowest BCUT2D eigenvalue weighted by atomic mass is 10.1. The van der Waals surface area contributed by atoms with Gasteiger partial charge in [0.15, 0.2) is 0 Å². The van der Waals surface area contributed by atoms with E-state index in [1.807, 2.05) is 13.8 Å². The molecule has 0 aliphatic carbocycles. The molecule has 0 aliphatic rings. The monoisotopic (exact) mass is 300 g/mol. The molecule has 0 spiro atoms. The van der Waals surface area contributed by atoms with Crippen molar-refractivity contribution >= 4 is 17.6 Å². The molecule has 0 saturated carbocycles. The van der Waals surface area contributed by atoms with E-state index in [2.05, 4.69) is 15.4 Å². The summed E-state index contributed by atoms with van der Waals surface area (Å²) in [5, 5.41) is 5.22. The summed E-state index contributed by atoms with van der Waals surface area (Å²) in [5.74, 6) is -3.44. The Morgan fingerprint density at radius 1 is 1.29 bits per heavy atom. The van der Waals surface area contributed by atoms with Crippen LogP contribution >= 0.6 is 0 Å². The van der Waals surface area contributed by atoms with Gasteiger partial charge in [0, 0.05) is 12.1 Å². The van der Waals surface area contributed by atoms with E-state index in [9.17, 15) is 18.4 Å². The Bertz CT molecular complexity index is 535. The molecule has 1 unspecified atom stereocenters. The van der Waals surface area contributed by atoms with Crippen LogP contribution in [-0.4, -0.2) is 31.6 Å². The Kier molecular flexibility index (Phi) is 6.23. The van der Waals surface area contributed by atoms with Gasteiger partial charge in [-0.2, -0.15) is 0 Å². The number of esters is 1. The number of hydrogen-bond donors (Lipinski definition) is 2. The van der Waals surface area contributed by atoms with Gasteiger partial charge in [-0.1, -0.05) is 6.92 Å². The number of amides is 1. The summed E-state index contributed by atoms with van der Waals surface area (Å²) in [4.78, 5) is 23.0. The fourth-order valence-corrected chi connectivity index (χ4v) is 1.52. The minimum absolute atomic E-state index is 0.0145. The minimum atomic E-state index is -1.05. The van der Waals surface area contributed by atoms with Gasteiger partial charge in [0.25, 0.3) is 0 Å². The van der Waals surface area contributed by atoms with Gasteiger partial charge in [-0.25, -0.2) is 13.6 Å². The van der Waals surface area contributed by atoms with Crippen LogP contribution in [0, 0.1) is 11.6 Å². The molecule has 2 N–H and O–H groups in total. The number of rotatable bonds is 6. The quantitative estimate of drug-likeness (QED) is 0.789. The first-order chi connectivity index (χ1) is 9.88. The van der Waals surface area contributed by atoms with E-state index in [-0.39, 0.29) is 18.3 Å². The molecule has 21 heavy (non-hydrogen) atoms. The number of carbonyl (C=O) groups is 2. The molecule has 0 bridgehead atoms. The van der Waals surface area contributed by atoms with E-state index in [0.717, 1.165) is 19.6 Å². The van der Waals surface area contributed by atoms with E-state index >= 15 is 0 Å². The van der Waals surface area contributed by atoms with Crippen molar-refractivity contribution in [2.24, 2.45) is 0 Å². The van der Waals surface area contributed by atoms with Crippen molar-refractivity contribution in [2.75, 3.05) is 19.0 Å². The molecule has 0 heterocycles. The van der Waals surface area contributed by atoms with Crippen LogP contribution in [0.15, 0.2) is 12.1 Å². The number of benzene rings is 1. The van der Waals surface area contributed by atoms with E-state index in [0.29, 0.717) is 6.07 Å². The van der Waals surface area contributed by atoms with Crippen LogP contribution in [0.5, 0.6) is 0 Å². The highest BCUT2D eigenvalue weighted by Gasteiger charge is 2.17. The van der Waals surface area contributed by atoms with Gasteiger partial charge in [-0.05, 0) is 19.4 Å². The molecular weight excluding hydrogens is 282 g/mol. The summed E-state index contributed by atoms with van der Waals surface area (Å²) in [6.45, 7) is 3.85. The molecule has 1 rings (SSSR count). The summed E-state index contributed by atoms with van der Waals surface area (Å²) in [6, 6.07) is 1.58. The smallest absolute Gasteiger partial charge is 0.340 e. The Morgan fingerprint density at radius 3 is 2.52 bits per heavy atom. The third-order valence-corrected chi connectivity index (χ3v) is 2.96. The third kappa shape index (κ3) is 4.78. The third-order valence-electron chi connectivity index (χ3n) is 2.96. The molecule has 0 aromatic heterocycles. The Morgan fingerprint density at radius 2 is 1.95 bits per heavy atom. The van der Waals surface area contributed by atoms with Crippen LogP contribution < -0.4 is 10.6 Å². The zero-order valence-electron chi connectivity index (χ0n) is 12.1. The van der Waals surface area contributed by atoms with Crippen LogP contribution in [0.25, 0.3) is 0 Å². The Hall–Kier alpha value is -2.02. The predicted molar refractivity (Wildman–Crippen MR) is 74.1 cm³/mol. The number of methoxy groups -OCH3 is 1. The lowest BCUT2D eigenvalue weighted by Crippen LogP contribution is -2.34. The summed E-state index contributed by atoms with van der Waals surface area (Å²) in [5.41, 5.74) is -0.711. The van der Waals surface area contributed by atoms with E-state index in [1.54, 1.807) is 0 Å². The molecular formula is C14H18F2N2O3. The Balaban J connectivity index is 2.83. The van der Waals surface area contributed by atoms with Gasteiger partial charge in [0.2, 0.25) is 5.91 Å². The number of hydrogen-bond acceptors (Lipinski definition) is 4. The van der Waals surface area contributed by atoms with Crippen LogP contribution in [0.4, 0.5) is 14.5 Å². The van der Waals surface area contributed by atoms with Crippen molar-refractivity contribution in [2.45, 2.75) is 26.3 Å². The average Bonchev–Trinajstić information content (AvgIpc) is 2.46. The second-order valence-electron chi connectivity index (χ2n) is 4.54. The average molecular weight is 300 g/mol. The number of carbonyl (C=O) groups excluding carboxylic acids is 2. The molecule has 0 aliphatic heterocycles. The van der Waals surface area contributed by atoms with Crippen LogP contribution in [0.1, 0.15) is 30.6 Å². The number of ether oxygens (including phenoxy) is 1. The maximum absolute atomic E-state index is 13.6. The van der Waals surface area contributed by atoms with Gasteiger partial charge in [0.1, 0.15) is 11.6 Å². The molecule has 1 atom stereocenters. The molecule has 7 heteroatoms. The molecule has 1 aromatic carbocycles. The van der Waals surface area contributed by atoms with E-state index in [1.165, 1.54) is 0 Å². The molecule has 0 saturated heterocycles. The first-order valence-corrected chi connectivity index (χ1v) is 6.49.